The van der Waals surface area contributed by atoms with E-state index < -0.39 is 11.6 Å². The molecule has 0 saturated carbocycles. The maximum atomic E-state index is 13.8. The van der Waals surface area contributed by atoms with E-state index >= 15 is 0 Å². The van der Waals surface area contributed by atoms with Gasteiger partial charge in [-0.3, -0.25) is 9.98 Å². The average molecular weight is 398 g/mol. The highest BCUT2D eigenvalue weighted by molar-refractivity contribution is 14.1. The molecule has 0 fully saturated rings. The summed E-state index contributed by atoms with van der Waals surface area (Å²) in [5, 5.41) is 0. The van der Waals surface area contributed by atoms with Crippen LogP contribution < -0.4 is 0 Å². The molecule has 108 valence electrons. The number of aliphatic imine (C=N–C) groups is 1. The zero-order valence-electron chi connectivity index (χ0n) is 11.2. The van der Waals surface area contributed by atoms with Crippen molar-refractivity contribution in [3.63, 3.8) is 0 Å². The highest BCUT2D eigenvalue weighted by Gasteiger charge is 2.24. The van der Waals surface area contributed by atoms with Crippen LogP contribution in [-0.2, 0) is 4.43 Å². The molecule has 1 aliphatic heterocycles. The molecule has 0 amide bonds. The van der Waals surface area contributed by atoms with E-state index in [9.17, 15) is 8.78 Å². The lowest BCUT2D eigenvalue weighted by Gasteiger charge is -2.06. The van der Waals surface area contributed by atoms with Gasteiger partial charge in [0.25, 0.3) is 0 Å². The van der Waals surface area contributed by atoms with Gasteiger partial charge in [0.1, 0.15) is 11.6 Å². The molecule has 1 aromatic carbocycles. The molecule has 0 aliphatic carbocycles. The molecule has 0 spiro atoms. The maximum Gasteiger partial charge on any atom is 0.135 e. The van der Waals surface area contributed by atoms with E-state index in [4.69, 9.17) is 0 Å². The van der Waals surface area contributed by atoms with Crippen molar-refractivity contribution in [2.75, 3.05) is 0 Å². The van der Waals surface area contributed by atoms with Crippen molar-refractivity contribution in [3.8, 4) is 0 Å². The van der Waals surface area contributed by atoms with E-state index in [0.717, 1.165) is 22.1 Å². The predicted molar refractivity (Wildman–Crippen MR) is 86.8 cm³/mol. The SMILES string of the molecule is Fc1cccc(F)c1C1=NC(c2ccc(CI)nc2)CC1. The summed E-state index contributed by atoms with van der Waals surface area (Å²) in [4.78, 5) is 8.85. The van der Waals surface area contributed by atoms with E-state index in [1.165, 1.54) is 18.2 Å². The van der Waals surface area contributed by atoms with E-state index in [-0.39, 0.29) is 11.6 Å². The van der Waals surface area contributed by atoms with Crippen molar-refractivity contribution in [2.45, 2.75) is 23.3 Å². The summed E-state index contributed by atoms with van der Waals surface area (Å²) in [6, 6.07) is 7.81. The number of hydrogen-bond donors (Lipinski definition) is 0. The van der Waals surface area contributed by atoms with Gasteiger partial charge in [0.15, 0.2) is 0 Å². The van der Waals surface area contributed by atoms with Crippen LogP contribution in [0.5, 0.6) is 0 Å². The van der Waals surface area contributed by atoms with Crippen LogP contribution >= 0.6 is 22.6 Å². The Morgan fingerprint density at radius 2 is 1.90 bits per heavy atom. The largest absolute Gasteiger partial charge is 0.281 e. The van der Waals surface area contributed by atoms with Crippen molar-refractivity contribution < 1.29 is 8.78 Å². The van der Waals surface area contributed by atoms with Gasteiger partial charge in [-0.1, -0.05) is 34.7 Å². The molecule has 5 heteroatoms. The highest BCUT2D eigenvalue weighted by atomic mass is 127. The number of hydrogen-bond acceptors (Lipinski definition) is 2. The lowest BCUT2D eigenvalue weighted by Crippen LogP contribution is -2.03. The number of alkyl halides is 1. The van der Waals surface area contributed by atoms with Crippen LogP contribution in [0.1, 0.15) is 35.7 Å². The lowest BCUT2D eigenvalue weighted by molar-refractivity contribution is 0.578. The van der Waals surface area contributed by atoms with Crippen LogP contribution in [0.3, 0.4) is 0 Å². The Bertz CT molecular complexity index is 663. The Morgan fingerprint density at radius 1 is 1.14 bits per heavy atom. The maximum absolute atomic E-state index is 13.8. The van der Waals surface area contributed by atoms with Crippen molar-refractivity contribution in [1.29, 1.82) is 0 Å². The van der Waals surface area contributed by atoms with Gasteiger partial charge < -0.3 is 0 Å². The zero-order valence-corrected chi connectivity index (χ0v) is 13.3. The lowest BCUT2D eigenvalue weighted by atomic mass is 10.0. The summed E-state index contributed by atoms with van der Waals surface area (Å²) >= 11 is 2.26. The molecular formula is C16H13F2IN2. The molecule has 3 rings (SSSR count). The van der Waals surface area contributed by atoms with Crippen LogP contribution in [0.25, 0.3) is 0 Å². The number of halogens is 3. The summed E-state index contributed by atoms with van der Waals surface area (Å²) in [6.45, 7) is 0. The first-order chi connectivity index (χ1) is 10.2. The fourth-order valence-corrected chi connectivity index (χ4v) is 2.96. The van der Waals surface area contributed by atoms with Crippen molar-refractivity contribution in [1.82, 2.24) is 4.98 Å². The molecule has 1 aliphatic rings. The zero-order chi connectivity index (χ0) is 14.8. The molecule has 1 atom stereocenters. The van der Waals surface area contributed by atoms with Gasteiger partial charge in [0, 0.05) is 16.3 Å². The van der Waals surface area contributed by atoms with Crippen LogP contribution in [0.15, 0.2) is 41.5 Å². The quantitative estimate of drug-likeness (QED) is 0.547. The van der Waals surface area contributed by atoms with Gasteiger partial charge in [-0.15, -0.1) is 0 Å². The second-order valence-corrected chi connectivity index (χ2v) is 5.71. The third-order valence-corrected chi connectivity index (χ3v) is 4.37. The van der Waals surface area contributed by atoms with Gasteiger partial charge in [-0.05, 0) is 36.6 Å². The van der Waals surface area contributed by atoms with Gasteiger partial charge >= 0.3 is 0 Å². The summed E-state index contributed by atoms with van der Waals surface area (Å²) < 4.78 is 28.5. The van der Waals surface area contributed by atoms with Crippen LogP contribution in [-0.4, -0.2) is 10.7 Å². The summed E-state index contributed by atoms with van der Waals surface area (Å²) in [5.41, 5.74) is 2.53. The van der Waals surface area contributed by atoms with Gasteiger partial charge in [0.05, 0.1) is 17.3 Å². The highest BCUT2D eigenvalue weighted by Crippen LogP contribution is 2.32. The van der Waals surface area contributed by atoms with E-state index in [1.54, 1.807) is 0 Å². The Balaban J connectivity index is 1.90. The van der Waals surface area contributed by atoms with E-state index in [0.29, 0.717) is 12.1 Å². The first-order valence-electron chi connectivity index (χ1n) is 6.71. The van der Waals surface area contributed by atoms with Gasteiger partial charge in [0.2, 0.25) is 0 Å². The van der Waals surface area contributed by atoms with Crippen LogP contribution in [0.2, 0.25) is 0 Å². The van der Waals surface area contributed by atoms with Gasteiger partial charge in [-0.25, -0.2) is 8.78 Å². The molecule has 1 unspecified atom stereocenters. The summed E-state index contributed by atoms with van der Waals surface area (Å²) in [5.74, 6) is -1.10. The molecule has 0 bridgehead atoms. The Hall–Kier alpha value is -1.37. The first kappa shape index (κ1) is 14.6. The second-order valence-electron chi connectivity index (χ2n) is 4.94. The average Bonchev–Trinajstić information content (AvgIpc) is 2.97. The first-order valence-corrected chi connectivity index (χ1v) is 8.23. The molecular weight excluding hydrogens is 385 g/mol. The monoisotopic (exact) mass is 398 g/mol. The van der Waals surface area contributed by atoms with Crippen LogP contribution in [0, 0.1) is 11.6 Å². The van der Waals surface area contributed by atoms with E-state index in [1.807, 2.05) is 18.3 Å². The minimum Gasteiger partial charge on any atom is -0.281 e. The fourth-order valence-electron chi connectivity index (χ4n) is 2.51. The standard InChI is InChI=1S/C16H13F2IN2/c17-12-2-1-3-13(18)16(12)15-7-6-14(21-15)10-4-5-11(8-19)20-9-10/h1-5,9,14H,6-8H2. The van der Waals surface area contributed by atoms with Crippen molar-refractivity contribution in [3.05, 3.63) is 65.0 Å². The third-order valence-electron chi connectivity index (χ3n) is 3.59. The normalized spacial score (nSPS) is 17.9. The molecule has 0 radical (unpaired) electrons. The second kappa shape index (κ2) is 6.17. The topological polar surface area (TPSA) is 25.2 Å². The Morgan fingerprint density at radius 3 is 2.52 bits per heavy atom. The summed E-state index contributed by atoms with van der Waals surface area (Å²) in [6.07, 6.45) is 3.15. The van der Waals surface area contributed by atoms with Crippen molar-refractivity contribution in [2.24, 2.45) is 4.99 Å². The van der Waals surface area contributed by atoms with Crippen LogP contribution in [0.4, 0.5) is 8.78 Å². The number of pyridine rings is 1. The summed E-state index contributed by atoms with van der Waals surface area (Å²) in [7, 11) is 0. The third kappa shape index (κ3) is 2.97. The number of benzene rings is 1. The molecule has 21 heavy (non-hydrogen) atoms. The molecule has 2 heterocycles. The minimum atomic E-state index is -0.548. The van der Waals surface area contributed by atoms with Crippen molar-refractivity contribution >= 4 is 28.3 Å². The molecule has 0 saturated heterocycles. The molecule has 2 aromatic rings. The minimum absolute atomic E-state index is 0.0110. The molecule has 0 N–H and O–H groups in total. The van der Waals surface area contributed by atoms with E-state index in [2.05, 4.69) is 32.6 Å². The Kier molecular flexibility index (Phi) is 4.28. The number of nitrogens with zero attached hydrogens (tertiary/aromatic N) is 2. The Labute approximate surface area is 135 Å². The molecule has 2 nitrogen and oxygen atoms in total. The smallest absolute Gasteiger partial charge is 0.135 e. The van der Waals surface area contributed by atoms with Gasteiger partial charge in [-0.2, -0.15) is 0 Å². The number of rotatable bonds is 3. The fraction of sp³-hybridized carbons (Fsp3) is 0.250. The predicted octanol–water partition coefficient (Wildman–Crippen LogP) is 4.62. The number of aromatic nitrogens is 1. The molecule has 1 aromatic heterocycles.